The molecule has 2 aromatic heterocycles. The molecule has 0 amide bonds. The van der Waals surface area contributed by atoms with E-state index in [-0.39, 0.29) is 17.7 Å². The molecule has 0 saturated carbocycles. The van der Waals surface area contributed by atoms with Gasteiger partial charge in [0, 0.05) is 55.8 Å². The summed E-state index contributed by atoms with van der Waals surface area (Å²) >= 11 is 0. The normalized spacial score (nSPS) is 13.8. The maximum Gasteiger partial charge on any atom is 0.259 e. The number of hydrogen-bond donors (Lipinski definition) is 0. The first kappa shape index (κ1) is 20.1. The Morgan fingerprint density at radius 2 is 2.00 bits per heavy atom. The second-order valence-electron chi connectivity index (χ2n) is 7.89. The third-order valence-electron chi connectivity index (χ3n) is 5.84. The lowest BCUT2D eigenvalue weighted by Crippen LogP contribution is -2.38. The predicted molar refractivity (Wildman–Crippen MR) is 115 cm³/mol. The highest BCUT2D eigenvalue weighted by atomic mass is 19.1. The summed E-state index contributed by atoms with van der Waals surface area (Å²) in [5.41, 5.74) is 3.15. The van der Waals surface area contributed by atoms with E-state index in [1.807, 2.05) is 22.6 Å². The van der Waals surface area contributed by atoms with Crippen LogP contribution in [0.4, 0.5) is 14.5 Å². The number of rotatable bonds is 4. The number of imidazole rings is 1. The van der Waals surface area contributed by atoms with Crippen LogP contribution >= 0.6 is 0 Å². The highest BCUT2D eigenvalue weighted by molar-refractivity contribution is 5.46. The molecule has 5 rings (SSSR count). The van der Waals surface area contributed by atoms with Crippen molar-refractivity contribution in [3.63, 3.8) is 0 Å². The van der Waals surface area contributed by atoms with E-state index < -0.39 is 11.6 Å². The monoisotopic (exact) mass is 431 g/mol. The second-order valence-corrected chi connectivity index (χ2v) is 7.89. The molecule has 4 aromatic rings. The van der Waals surface area contributed by atoms with E-state index in [9.17, 15) is 13.6 Å². The number of fused-ring (bicyclic) bond motifs is 3. The van der Waals surface area contributed by atoms with Gasteiger partial charge in [-0.05, 0) is 11.6 Å². The highest BCUT2D eigenvalue weighted by Crippen LogP contribution is 2.22. The van der Waals surface area contributed by atoms with Gasteiger partial charge in [-0.2, -0.15) is 0 Å². The first-order chi connectivity index (χ1) is 15.5. The predicted octanol–water partition coefficient (Wildman–Crippen LogP) is 3.93. The van der Waals surface area contributed by atoms with Crippen LogP contribution in [0.25, 0.3) is 10.6 Å². The molecule has 0 fully saturated rings. The molecule has 1 aliphatic heterocycles. The molecule has 0 spiro atoms. The summed E-state index contributed by atoms with van der Waals surface area (Å²) in [5.74, 6) is -0.913. The molecule has 2 aromatic carbocycles. The van der Waals surface area contributed by atoms with Crippen LogP contribution in [-0.4, -0.2) is 25.4 Å². The number of hydrogen-bond acceptors (Lipinski definition) is 3. The number of benzene rings is 2. The number of nitrogens with zero attached hydrogens (tertiary/aromatic N) is 5. The summed E-state index contributed by atoms with van der Waals surface area (Å²) in [5, 5.41) is 0. The Kier molecular flexibility index (Phi) is 5.04. The Hall–Kier alpha value is -3.83. The third-order valence-corrected chi connectivity index (χ3v) is 5.84. The maximum atomic E-state index is 14.3. The van der Waals surface area contributed by atoms with Crippen molar-refractivity contribution in [1.82, 2.24) is 18.9 Å². The highest BCUT2D eigenvalue weighted by Gasteiger charge is 2.25. The third kappa shape index (κ3) is 3.57. The fraction of sp³-hybridized carbons (Fsp3) is 0.208. The van der Waals surface area contributed by atoms with Gasteiger partial charge in [-0.15, -0.1) is 0 Å². The Balaban J connectivity index is 1.52. The molecular weight excluding hydrogens is 412 g/mol. The van der Waals surface area contributed by atoms with Crippen LogP contribution in [0.3, 0.4) is 0 Å². The molecule has 0 N–H and O–H groups in total. The molecule has 0 radical (unpaired) electrons. The molecule has 3 heterocycles. The lowest BCUT2D eigenvalue weighted by atomic mass is 10.1. The van der Waals surface area contributed by atoms with Crippen LogP contribution in [0.1, 0.15) is 22.4 Å². The van der Waals surface area contributed by atoms with Crippen molar-refractivity contribution in [3.05, 3.63) is 111 Å². The Bertz CT molecular complexity index is 1430. The molecule has 0 atom stereocenters. The van der Waals surface area contributed by atoms with Crippen LogP contribution in [0, 0.1) is 18.2 Å². The van der Waals surface area contributed by atoms with Crippen molar-refractivity contribution < 1.29 is 8.78 Å². The van der Waals surface area contributed by atoms with Crippen molar-refractivity contribution in [2.24, 2.45) is 0 Å². The summed E-state index contributed by atoms with van der Waals surface area (Å²) in [7, 11) is 0. The molecular formula is C24H19F2N5O. The Labute approximate surface area is 182 Å². The van der Waals surface area contributed by atoms with E-state index in [0.717, 1.165) is 23.9 Å². The van der Waals surface area contributed by atoms with E-state index in [2.05, 4.69) is 14.7 Å². The van der Waals surface area contributed by atoms with Crippen molar-refractivity contribution in [2.75, 3.05) is 6.54 Å². The van der Waals surface area contributed by atoms with Crippen LogP contribution in [0.2, 0.25) is 0 Å². The summed E-state index contributed by atoms with van der Waals surface area (Å²) in [6.07, 6.45) is 4.10. The molecule has 0 unspecified atom stereocenters. The molecule has 0 bridgehead atoms. The average Bonchev–Trinajstić information content (AvgIpc) is 3.28. The summed E-state index contributed by atoms with van der Waals surface area (Å²) in [6.45, 7) is 8.99. The lowest BCUT2D eigenvalue weighted by Gasteiger charge is -2.29. The number of halogens is 2. The van der Waals surface area contributed by atoms with Crippen molar-refractivity contribution in [3.8, 4) is 0 Å². The topological polar surface area (TPSA) is 46.9 Å². The van der Waals surface area contributed by atoms with Crippen molar-refractivity contribution >= 4 is 11.5 Å². The minimum absolute atomic E-state index is 0.0359. The first-order valence-electron chi connectivity index (χ1n) is 10.2. The molecule has 160 valence electrons. The van der Waals surface area contributed by atoms with Crippen molar-refractivity contribution in [2.45, 2.75) is 26.1 Å². The lowest BCUT2D eigenvalue weighted by molar-refractivity contribution is 0.240. The zero-order valence-corrected chi connectivity index (χ0v) is 17.1. The largest absolute Gasteiger partial charge is 0.294 e. The molecule has 32 heavy (non-hydrogen) atoms. The van der Waals surface area contributed by atoms with Gasteiger partial charge in [0.25, 0.3) is 5.56 Å². The van der Waals surface area contributed by atoms with Gasteiger partial charge < -0.3 is 0 Å². The van der Waals surface area contributed by atoms with Gasteiger partial charge in [0.1, 0.15) is 11.6 Å². The number of aromatic nitrogens is 3. The molecule has 8 heteroatoms. The zero-order chi connectivity index (χ0) is 22.2. The standard InChI is InChI=1S/C24H19F2N5O/c1-27-19-4-2-3-16(11-19)13-29-9-7-22-20(15-29)23(32)31(24-28-8-10-30(22)24)14-17-5-6-18(25)12-21(17)26/h2-6,8,10-12H,7,9,13-15H2. The van der Waals surface area contributed by atoms with E-state index in [0.29, 0.717) is 36.5 Å². The van der Waals surface area contributed by atoms with E-state index in [1.54, 1.807) is 18.5 Å². The fourth-order valence-corrected chi connectivity index (χ4v) is 4.31. The molecule has 6 nitrogen and oxygen atoms in total. The maximum absolute atomic E-state index is 14.3. The molecule has 1 aliphatic rings. The summed E-state index contributed by atoms with van der Waals surface area (Å²) in [4.78, 5) is 23.4. The molecule has 0 saturated heterocycles. The van der Waals surface area contributed by atoms with Crippen LogP contribution in [0.15, 0.2) is 59.7 Å². The Morgan fingerprint density at radius 1 is 1.12 bits per heavy atom. The van der Waals surface area contributed by atoms with Gasteiger partial charge in [0.2, 0.25) is 5.78 Å². The quantitative estimate of drug-likeness (QED) is 0.460. The van der Waals surface area contributed by atoms with Crippen LogP contribution in [0.5, 0.6) is 0 Å². The summed E-state index contributed by atoms with van der Waals surface area (Å²) < 4.78 is 30.9. The van der Waals surface area contributed by atoms with Gasteiger partial charge in [-0.3, -0.25) is 18.7 Å². The van der Waals surface area contributed by atoms with Gasteiger partial charge in [-0.25, -0.2) is 18.6 Å². The first-order valence-corrected chi connectivity index (χ1v) is 10.2. The van der Waals surface area contributed by atoms with Gasteiger partial charge in [0.15, 0.2) is 5.69 Å². The Morgan fingerprint density at radius 3 is 2.81 bits per heavy atom. The molecule has 0 aliphatic carbocycles. The van der Waals surface area contributed by atoms with E-state index >= 15 is 0 Å². The van der Waals surface area contributed by atoms with Gasteiger partial charge in [-0.1, -0.05) is 30.3 Å². The fourth-order valence-electron chi connectivity index (χ4n) is 4.31. The van der Waals surface area contributed by atoms with Gasteiger partial charge in [0.05, 0.1) is 18.7 Å². The van der Waals surface area contributed by atoms with Gasteiger partial charge >= 0.3 is 0 Å². The van der Waals surface area contributed by atoms with E-state index in [4.69, 9.17) is 6.57 Å². The average molecular weight is 431 g/mol. The van der Waals surface area contributed by atoms with Crippen LogP contribution in [-0.2, 0) is 26.1 Å². The van der Waals surface area contributed by atoms with E-state index in [1.165, 1.54) is 16.7 Å². The second kappa shape index (κ2) is 8.02. The summed E-state index contributed by atoms with van der Waals surface area (Å²) in [6, 6.07) is 10.8. The minimum Gasteiger partial charge on any atom is -0.294 e. The van der Waals surface area contributed by atoms with Crippen LogP contribution < -0.4 is 5.56 Å². The zero-order valence-electron chi connectivity index (χ0n) is 17.1. The van der Waals surface area contributed by atoms with Crippen molar-refractivity contribution in [1.29, 1.82) is 0 Å². The minimum atomic E-state index is -0.694. The smallest absolute Gasteiger partial charge is 0.259 e. The SMILES string of the molecule is [C-]#[N+]c1cccc(CN2CCc3c(c(=O)n(Cc4ccc(F)cc4F)c4nccn34)C2)c1.